The van der Waals surface area contributed by atoms with Gasteiger partial charge >= 0.3 is 0 Å². The van der Waals surface area contributed by atoms with Gasteiger partial charge in [-0.05, 0) is 42.7 Å². The summed E-state index contributed by atoms with van der Waals surface area (Å²) in [5, 5.41) is 3.50. The lowest BCUT2D eigenvalue weighted by molar-refractivity contribution is 0.783. The van der Waals surface area contributed by atoms with E-state index in [0.29, 0.717) is 6.54 Å². The molecule has 0 aromatic heterocycles. The first kappa shape index (κ1) is 12.7. The number of hydrogen-bond donors (Lipinski definition) is 2. The smallest absolute Gasteiger partial charge is 0.0638 e. The molecule has 2 rings (SSSR count). The van der Waals surface area contributed by atoms with Crippen molar-refractivity contribution in [3.8, 4) is 0 Å². The standard InChI is InChI=1S/C16H20N2/c1-12-6-5-8-14(10-12)18-16(11-17)15-9-4-3-7-13(15)2/h3-10,16,18H,11,17H2,1-2H3. The van der Waals surface area contributed by atoms with Crippen molar-refractivity contribution in [3.05, 3.63) is 65.2 Å². The fourth-order valence-corrected chi connectivity index (χ4v) is 2.18. The summed E-state index contributed by atoms with van der Waals surface area (Å²) >= 11 is 0. The highest BCUT2D eigenvalue weighted by atomic mass is 14.9. The predicted molar refractivity (Wildman–Crippen MR) is 77.8 cm³/mol. The highest BCUT2D eigenvalue weighted by Crippen LogP contribution is 2.22. The molecule has 18 heavy (non-hydrogen) atoms. The van der Waals surface area contributed by atoms with E-state index in [1.54, 1.807) is 0 Å². The third-order valence-electron chi connectivity index (χ3n) is 3.16. The van der Waals surface area contributed by atoms with E-state index < -0.39 is 0 Å². The Balaban J connectivity index is 2.23. The molecule has 0 aliphatic heterocycles. The average Bonchev–Trinajstić information content (AvgIpc) is 2.37. The number of benzene rings is 2. The molecule has 0 aliphatic rings. The van der Waals surface area contributed by atoms with E-state index in [0.717, 1.165) is 5.69 Å². The Bertz CT molecular complexity index is 520. The number of nitrogens with one attached hydrogen (secondary N) is 1. The van der Waals surface area contributed by atoms with Crippen LogP contribution in [0, 0.1) is 13.8 Å². The summed E-state index contributed by atoms with van der Waals surface area (Å²) in [6.07, 6.45) is 0. The third kappa shape index (κ3) is 2.90. The van der Waals surface area contributed by atoms with E-state index >= 15 is 0 Å². The van der Waals surface area contributed by atoms with Gasteiger partial charge < -0.3 is 11.1 Å². The van der Waals surface area contributed by atoms with Crippen molar-refractivity contribution in [3.63, 3.8) is 0 Å². The van der Waals surface area contributed by atoms with Gasteiger partial charge in [0.1, 0.15) is 0 Å². The number of anilines is 1. The van der Waals surface area contributed by atoms with Crippen molar-refractivity contribution >= 4 is 5.69 Å². The van der Waals surface area contributed by atoms with Crippen LogP contribution < -0.4 is 11.1 Å². The molecule has 0 spiro atoms. The van der Waals surface area contributed by atoms with Gasteiger partial charge in [-0.25, -0.2) is 0 Å². The van der Waals surface area contributed by atoms with Gasteiger partial charge in [0.25, 0.3) is 0 Å². The van der Waals surface area contributed by atoms with Gasteiger partial charge in [0, 0.05) is 12.2 Å². The van der Waals surface area contributed by atoms with Gasteiger partial charge in [0.2, 0.25) is 0 Å². The van der Waals surface area contributed by atoms with E-state index in [4.69, 9.17) is 5.73 Å². The SMILES string of the molecule is Cc1cccc(NC(CN)c2ccccc2C)c1. The molecule has 0 amide bonds. The molecule has 0 aliphatic carbocycles. The van der Waals surface area contributed by atoms with E-state index in [9.17, 15) is 0 Å². The molecular weight excluding hydrogens is 220 g/mol. The second kappa shape index (κ2) is 5.69. The molecule has 2 nitrogen and oxygen atoms in total. The van der Waals surface area contributed by atoms with E-state index in [-0.39, 0.29) is 6.04 Å². The van der Waals surface area contributed by atoms with Gasteiger partial charge in [-0.1, -0.05) is 36.4 Å². The van der Waals surface area contributed by atoms with Crippen LogP contribution in [0.25, 0.3) is 0 Å². The quantitative estimate of drug-likeness (QED) is 0.859. The number of rotatable bonds is 4. The zero-order chi connectivity index (χ0) is 13.0. The topological polar surface area (TPSA) is 38.0 Å². The maximum Gasteiger partial charge on any atom is 0.0638 e. The molecule has 0 saturated heterocycles. The minimum Gasteiger partial charge on any atom is -0.377 e. The second-order valence-electron chi connectivity index (χ2n) is 4.66. The first-order valence-electron chi connectivity index (χ1n) is 6.29. The minimum absolute atomic E-state index is 0.160. The summed E-state index contributed by atoms with van der Waals surface area (Å²) in [6, 6.07) is 16.9. The fraction of sp³-hybridized carbons (Fsp3) is 0.250. The van der Waals surface area contributed by atoms with E-state index in [1.165, 1.54) is 16.7 Å². The fourth-order valence-electron chi connectivity index (χ4n) is 2.18. The maximum atomic E-state index is 5.90. The zero-order valence-electron chi connectivity index (χ0n) is 11.0. The maximum absolute atomic E-state index is 5.90. The van der Waals surface area contributed by atoms with Gasteiger partial charge in [-0.15, -0.1) is 0 Å². The lowest BCUT2D eigenvalue weighted by atomic mass is 10.0. The zero-order valence-corrected chi connectivity index (χ0v) is 11.0. The van der Waals surface area contributed by atoms with Gasteiger partial charge in [-0.2, -0.15) is 0 Å². The summed E-state index contributed by atoms with van der Waals surface area (Å²) in [4.78, 5) is 0. The number of hydrogen-bond acceptors (Lipinski definition) is 2. The molecule has 94 valence electrons. The highest BCUT2D eigenvalue weighted by Gasteiger charge is 2.11. The molecule has 1 atom stereocenters. The molecule has 2 aromatic rings. The Morgan fingerprint density at radius 3 is 2.50 bits per heavy atom. The molecule has 1 unspecified atom stereocenters. The van der Waals surface area contributed by atoms with Gasteiger partial charge in [0.05, 0.1) is 6.04 Å². The summed E-state index contributed by atoms with van der Waals surface area (Å²) in [6.45, 7) is 4.80. The van der Waals surface area contributed by atoms with Crippen molar-refractivity contribution < 1.29 is 0 Å². The molecular formula is C16H20N2. The van der Waals surface area contributed by atoms with Crippen LogP contribution in [-0.2, 0) is 0 Å². The molecule has 0 saturated carbocycles. The van der Waals surface area contributed by atoms with Crippen molar-refractivity contribution in [2.45, 2.75) is 19.9 Å². The lowest BCUT2D eigenvalue weighted by Crippen LogP contribution is -2.21. The first-order valence-corrected chi connectivity index (χ1v) is 6.29. The Morgan fingerprint density at radius 2 is 1.83 bits per heavy atom. The van der Waals surface area contributed by atoms with Crippen LogP contribution >= 0.6 is 0 Å². The number of aryl methyl sites for hydroxylation is 2. The van der Waals surface area contributed by atoms with Gasteiger partial charge in [-0.3, -0.25) is 0 Å². The van der Waals surface area contributed by atoms with Crippen LogP contribution in [0.4, 0.5) is 5.69 Å². The third-order valence-corrected chi connectivity index (χ3v) is 3.16. The van der Waals surface area contributed by atoms with E-state index in [1.807, 2.05) is 0 Å². The van der Waals surface area contributed by atoms with Crippen molar-refractivity contribution in [1.29, 1.82) is 0 Å². The van der Waals surface area contributed by atoms with Crippen LogP contribution in [-0.4, -0.2) is 6.54 Å². The van der Waals surface area contributed by atoms with Crippen molar-refractivity contribution in [1.82, 2.24) is 0 Å². The molecule has 0 heterocycles. The Kier molecular flexibility index (Phi) is 4.00. The molecule has 0 bridgehead atoms. The van der Waals surface area contributed by atoms with Crippen LogP contribution in [0.5, 0.6) is 0 Å². The molecule has 0 radical (unpaired) electrons. The minimum atomic E-state index is 0.160. The Labute approximate surface area is 109 Å². The van der Waals surface area contributed by atoms with Crippen molar-refractivity contribution in [2.75, 3.05) is 11.9 Å². The van der Waals surface area contributed by atoms with Crippen LogP contribution in [0.15, 0.2) is 48.5 Å². The van der Waals surface area contributed by atoms with E-state index in [2.05, 4.69) is 67.7 Å². The summed E-state index contributed by atoms with van der Waals surface area (Å²) in [5.74, 6) is 0. The monoisotopic (exact) mass is 240 g/mol. The van der Waals surface area contributed by atoms with Gasteiger partial charge in [0.15, 0.2) is 0 Å². The summed E-state index contributed by atoms with van der Waals surface area (Å²) in [7, 11) is 0. The molecule has 0 fully saturated rings. The molecule has 2 heteroatoms. The lowest BCUT2D eigenvalue weighted by Gasteiger charge is -2.20. The molecule has 3 N–H and O–H groups in total. The second-order valence-corrected chi connectivity index (χ2v) is 4.66. The molecule has 2 aromatic carbocycles. The van der Waals surface area contributed by atoms with Crippen LogP contribution in [0.2, 0.25) is 0 Å². The van der Waals surface area contributed by atoms with Crippen LogP contribution in [0.1, 0.15) is 22.7 Å². The highest BCUT2D eigenvalue weighted by molar-refractivity contribution is 5.48. The van der Waals surface area contributed by atoms with Crippen LogP contribution in [0.3, 0.4) is 0 Å². The number of nitrogens with two attached hydrogens (primary N) is 1. The largest absolute Gasteiger partial charge is 0.377 e. The summed E-state index contributed by atoms with van der Waals surface area (Å²) < 4.78 is 0. The van der Waals surface area contributed by atoms with Crippen molar-refractivity contribution in [2.24, 2.45) is 5.73 Å². The Hall–Kier alpha value is -1.80. The average molecular weight is 240 g/mol. The Morgan fingerprint density at radius 1 is 1.06 bits per heavy atom. The first-order chi connectivity index (χ1) is 8.70. The predicted octanol–water partition coefficient (Wildman–Crippen LogP) is 3.42. The summed E-state index contributed by atoms with van der Waals surface area (Å²) in [5.41, 5.74) is 10.8. The normalized spacial score (nSPS) is 12.2.